The Hall–Kier alpha value is -4.45. The second-order valence-corrected chi connectivity index (χ2v) is 9.17. The van der Waals surface area contributed by atoms with Crippen LogP contribution in [-0.4, -0.2) is 37.2 Å². The number of ketones is 2. The van der Waals surface area contributed by atoms with Crippen LogP contribution in [0.5, 0.6) is 0 Å². The minimum absolute atomic E-state index is 0.0430. The lowest BCUT2D eigenvalue weighted by Gasteiger charge is -2.19. The lowest BCUT2D eigenvalue weighted by Crippen LogP contribution is -2.36. The van der Waals surface area contributed by atoms with E-state index in [1.54, 1.807) is 12.1 Å². The summed E-state index contributed by atoms with van der Waals surface area (Å²) in [6, 6.07) is 26.5. The molecule has 37 heavy (non-hydrogen) atoms. The van der Waals surface area contributed by atoms with E-state index < -0.39 is 0 Å². The highest BCUT2D eigenvalue weighted by Crippen LogP contribution is 2.40. The molecule has 0 saturated carbocycles. The molecule has 1 aliphatic heterocycles. The third-order valence-electron chi connectivity index (χ3n) is 6.63. The Morgan fingerprint density at radius 2 is 1.54 bits per heavy atom. The zero-order chi connectivity index (χ0) is 25.8. The van der Waals surface area contributed by atoms with E-state index in [1.807, 2.05) is 84.6 Å². The molecule has 0 spiro atoms. The predicted molar refractivity (Wildman–Crippen MR) is 147 cm³/mol. The van der Waals surface area contributed by atoms with Gasteiger partial charge in [-0.15, -0.1) is 0 Å². The first-order valence-corrected chi connectivity index (χ1v) is 12.6. The number of Topliss-reactive ketones (excluding diaryl/α,β-unsaturated/α-hetero) is 1. The molecule has 6 heteroatoms. The number of carbonyl (C=O) groups excluding carboxylic acids is 3. The summed E-state index contributed by atoms with van der Waals surface area (Å²) in [6.07, 6.45) is 1.34. The maximum atomic E-state index is 13.4. The largest absolute Gasteiger partial charge is 0.338 e. The van der Waals surface area contributed by atoms with Crippen LogP contribution in [0, 0.1) is 0 Å². The summed E-state index contributed by atoms with van der Waals surface area (Å²) in [5.41, 5.74) is 4.53. The summed E-state index contributed by atoms with van der Waals surface area (Å²) in [5, 5.41) is 7.40. The van der Waals surface area contributed by atoms with E-state index in [0.717, 1.165) is 34.1 Å². The number of para-hydroxylation sites is 1. The summed E-state index contributed by atoms with van der Waals surface area (Å²) >= 11 is 0. The third kappa shape index (κ3) is 4.96. The molecule has 0 radical (unpaired) electrons. The van der Waals surface area contributed by atoms with Crippen LogP contribution in [0.4, 0.5) is 16.2 Å². The molecule has 0 fully saturated rings. The van der Waals surface area contributed by atoms with Gasteiger partial charge < -0.3 is 15.5 Å². The van der Waals surface area contributed by atoms with E-state index in [1.165, 1.54) is 0 Å². The molecule has 0 unspecified atom stereocenters. The number of benzene rings is 4. The number of hydrogen-bond acceptors (Lipinski definition) is 4. The van der Waals surface area contributed by atoms with Crippen molar-refractivity contribution in [3.05, 3.63) is 107 Å². The normalized spacial score (nSPS) is 12.5. The Kier molecular flexibility index (Phi) is 6.99. The van der Waals surface area contributed by atoms with Crippen molar-refractivity contribution >= 4 is 39.7 Å². The Morgan fingerprint density at radius 1 is 0.838 bits per heavy atom. The standard InChI is InChI=1S/C31H29N3O3/c1-2-16-32-31(37)33-17-15-23-19-24(30(36)21-9-5-3-6-10-21)18-22-13-14-26-29(28(22)23)27(35)20-34(26)25-11-7-4-8-12-25/h3-14,18-19H,2,15-17,20H2,1H3,(H2,32,33,37). The number of urea groups is 1. The van der Waals surface area contributed by atoms with E-state index >= 15 is 0 Å². The Bertz CT molecular complexity index is 1470. The SMILES string of the molecule is CCCNC(=O)NCCc1cc(C(=O)c2ccccc2)cc2ccc3c(c12)C(=O)CN3c1ccccc1. The minimum Gasteiger partial charge on any atom is -0.338 e. The number of fused-ring (bicyclic) bond motifs is 3. The van der Waals surface area contributed by atoms with Crippen molar-refractivity contribution in [1.29, 1.82) is 0 Å². The van der Waals surface area contributed by atoms with Gasteiger partial charge >= 0.3 is 6.03 Å². The maximum Gasteiger partial charge on any atom is 0.314 e. The number of rotatable bonds is 8. The topological polar surface area (TPSA) is 78.5 Å². The highest BCUT2D eigenvalue weighted by molar-refractivity contribution is 6.21. The quantitative estimate of drug-likeness (QED) is 0.312. The monoisotopic (exact) mass is 491 g/mol. The first-order valence-electron chi connectivity index (χ1n) is 12.6. The molecule has 1 aliphatic rings. The van der Waals surface area contributed by atoms with Crippen LogP contribution in [0.3, 0.4) is 0 Å². The fraction of sp³-hybridized carbons (Fsp3) is 0.194. The molecule has 0 aromatic heterocycles. The van der Waals surface area contributed by atoms with Crippen molar-refractivity contribution in [1.82, 2.24) is 10.6 Å². The van der Waals surface area contributed by atoms with Crippen molar-refractivity contribution in [2.75, 3.05) is 24.5 Å². The van der Waals surface area contributed by atoms with Crippen LogP contribution in [-0.2, 0) is 6.42 Å². The summed E-state index contributed by atoms with van der Waals surface area (Å²) in [6.45, 7) is 3.25. The molecule has 0 aliphatic carbocycles. The van der Waals surface area contributed by atoms with Gasteiger partial charge in [0.15, 0.2) is 11.6 Å². The number of nitrogens with zero attached hydrogens (tertiary/aromatic N) is 1. The summed E-state index contributed by atoms with van der Waals surface area (Å²) in [4.78, 5) is 40.8. The van der Waals surface area contributed by atoms with E-state index in [2.05, 4.69) is 10.6 Å². The molecule has 4 aromatic carbocycles. The molecule has 0 atom stereocenters. The number of amides is 2. The fourth-order valence-electron chi connectivity index (χ4n) is 4.89. The zero-order valence-corrected chi connectivity index (χ0v) is 20.8. The van der Waals surface area contributed by atoms with Crippen LogP contribution in [0.2, 0.25) is 0 Å². The van der Waals surface area contributed by atoms with Gasteiger partial charge in [-0.2, -0.15) is 0 Å². The second kappa shape index (κ2) is 10.7. The fourth-order valence-corrected chi connectivity index (χ4v) is 4.89. The van der Waals surface area contributed by atoms with Crippen molar-refractivity contribution in [2.45, 2.75) is 19.8 Å². The molecule has 2 N–H and O–H groups in total. The lowest BCUT2D eigenvalue weighted by atomic mass is 9.91. The average Bonchev–Trinajstić information content (AvgIpc) is 3.28. The Balaban J connectivity index is 1.58. The van der Waals surface area contributed by atoms with E-state index in [9.17, 15) is 14.4 Å². The molecule has 4 aromatic rings. The van der Waals surface area contributed by atoms with Crippen molar-refractivity contribution in [2.24, 2.45) is 0 Å². The molecule has 2 amide bonds. The molecule has 0 bridgehead atoms. The van der Waals surface area contributed by atoms with Gasteiger partial charge in [-0.05, 0) is 59.5 Å². The maximum absolute atomic E-state index is 13.4. The minimum atomic E-state index is -0.223. The van der Waals surface area contributed by atoms with Crippen LogP contribution in [0.1, 0.15) is 45.2 Å². The molecule has 5 rings (SSSR count). The van der Waals surface area contributed by atoms with Crippen molar-refractivity contribution in [3.8, 4) is 0 Å². The average molecular weight is 492 g/mol. The van der Waals surface area contributed by atoms with Gasteiger partial charge in [0.1, 0.15) is 0 Å². The predicted octanol–water partition coefficient (Wildman–Crippen LogP) is 5.66. The molecule has 6 nitrogen and oxygen atoms in total. The highest BCUT2D eigenvalue weighted by Gasteiger charge is 2.30. The van der Waals surface area contributed by atoms with Gasteiger partial charge in [-0.3, -0.25) is 9.59 Å². The number of hydrogen-bond donors (Lipinski definition) is 2. The smallest absolute Gasteiger partial charge is 0.314 e. The van der Waals surface area contributed by atoms with Crippen LogP contribution in [0.15, 0.2) is 84.9 Å². The van der Waals surface area contributed by atoms with Crippen LogP contribution in [0.25, 0.3) is 10.8 Å². The van der Waals surface area contributed by atoms with Gasteiger partial charge in [0, 0.05) is 29.9 Å². The van der Waals surface area contributed by atoms with Crippen LogP contribution < -0.4 is 15.5 Å². The Labute approximate surface area is 216 Å². The van der Waals surface area contributed by atoms with E-state index in [4.69, 9.17) is 0 Å². The van der Waals surface area contributed by atoms with Crippen molar-refractivity contribution < 1.29 is 14.4 Å². The van der Waals surface area contributed by atoms with Gasteiger partial charge in [0.25, 0.3) is 0 Å². The zero-order valence-electron chi connectivity index (χ0n) is 20.8. The molecular formula is C31H29N3O3. The number of carbonyl (C=O) groups is 3. The molecular weight excluding hydrogens is 462 g/mol. The van der Waals surface area contributed by atoms with E-state index in [0.29, 0.717) is 36.2 Å². The summed E-state index contributed by atoms with van der Waals surface area (Å²) in [7, 11) is 0. The number of nitrogens with one attached hydrogen (secondary N) is 2. The summed E-state index contributed by atoms with van der Waals surface area (Å²) in [5.74, 6) is -0.0309. The second-order valence-electron chi connectivity index (χ2n) is 9.17. The third-order valence-corrected chi connectivity index (χ3v) is 6.63. The molecule has 0 saturated heterocycles. The summed E-state index contributed by atoms with van der Waals surface area (Å²) < 4.78 is 0. The lowest BCUT2D eigenvalue weighted by molar-refractivity contribution is 0.101. The number of anilines is 2. The molecule has 186 valence electrons. The van der Waals surface area contributed by atoms with Gasteiger partial charge in [-0.1, -0.05) is 61.5 Å². The van der Waals surface area contributed by atoms with E-state index in [-0.39, 0.29) is 24.1 Å². The van der Waals surface area contributed by atoms with Gasteiger partial charge in [0.2, 0.25) is 0 Å². The van der Waals surface area contributed by atoms with Crippen molar-refractivity contribution in [3.63, 3.8) is 0 Å². The highest BCUT2D eigenvalue weighted by atomic mass is 16.2. The van der Waals surface area contributed by atoms with Gasteiger partial charge in [-0.25, -0.2) is 4.79 Å². The van der Waals surface area contributed by atoms with Gasteiger partial charge in [0.05, 0.1) is 17.8 Å². The molecule has 1 heterocycles. The first-order chi connectivity index (χ1) is 18.1. The van der Waals surface area contributed by atoms with Crippen LogP contribution >= 0.6 is 0 Å². The first kappa shape index (κ1) is 24.3. The Morgan fingerprint density at radius 3 is 2.27 bits per heavy atom.